The predicted molar refractivity (Wildman–Crippen MR) is 50.2 cm³/mol. The smallest absolute Gasteiger partial charge is 0.149 e. The predicted octanol–water partition coefficient (Wildman–Crippen LogP) is 1.02. The minimum atomic E-state index is -0.000602. The van der Waals surface area contributed by atoms with Gasteiger partial charge >= 0.3 is 0 Å². The SMILES string of the molecule is C[C@@H](N)c1nnc2n1CCCCC2. The molecule has 0 amide bonds. The van der Waals surface area contributed by atoms with Crippen LogP contribution in [-0.4, -0.2) is 14.8 Å². The minimum Gasteiger partial charge on any atom is -0.322 e. The zero-order valence-electron chi connectivity index (χ0n) is 8.03. The Kier molecular flexibility index (Phi) is 2.31. The lowest BCUT2D eigenvalue weighted by molar-refractivity contribution is 0.579. The van der Waals surface area contributed by atoms with Crippen molar-refractivity contribution >= 4 is 0 Å². The van der Waals surface area contributed by atoms with Gasteiger partial charge in [0.15, 0.2) is 0 Å². The fourth-order valence-corrected chi connectivity index (χ4v) is 1.84. The van der Waals surface area contributed by atoms with E-state index in [-0.39, 0.29) is 6.04 Å². The average molecular weight is 180 g/mol. The number of aryl methyl sites for hydroxylation is 1. The second-order valence-corrected chi connectivity index (χ2v) is 3.73. The molecule has 2 N–H and O–H groups in total. The Morgan fingerprint density at radius 3 is 2.92 bits per heavy atom. The first-order valence-electron chi connectivity index (χ1n) is 4.96. The molecule has 72 valence electrons. The van der Waals surface area contributed by atoms with Gasteiger partial charge in [0.05, 0.1) is 6.04 Å². The standard InChI is InChI=1S/C9H16N4/c1-7(10)9-12-11-8-5-3-2-4-6-13(8)9/h7H,2-6,10H2,1H3/t7-/m1/s1. The van der Waals surface area contributed by atoms with E-state index in [1.807, 2.05) is 6.92 Å². The fourth-order valence-electron chi connectivity index (χ4n) is 1.84. The maximum atomic E-state index is 5.81. The van der Waals surface area contributed by atoms with E-state index in [2.05, 4.69) is 14.8 Å². The van der Waals surface area contributed by atoms with Crippen LogP contribution in [0.2, 0.25) is 0 Å². The molecular formula is C9H16N4. The molecule has 1 aliphatic heterocycles. The van der Waals surface area contributed by atoms with Crippen LogP contribution in [0.1, 0.15) is 43.9 Å². The third-order valence-electron chi connectivity index (χ3n) is 2.55. The van der Waals surface area contributed by atoms with Crippen molar-refractivity contribution in [2.24, 2.45) is 5.73 Å². The molecule has 0 saturated heterocycles. The van der Waals surface area contributed by atoms with E-state index in [0.717, 1.165) is 24.6 Å². The normalized spacial score (nSPS) is 19.2. The van der Waals surface area contributed by atoms with E-state index in [0.29, 0.717) is 0 Å². The summed E-state index contributed by atoms with van der Waals surface area (Å²) in [7, 11) is 0. The molecule has 1 atom stereocenters. The van der Waals surface area contributed by atoms with Crippen LogP contribution in [0.4, 0.5) is 0 Å². The highest BCUT2D eigenvalue weighted by molar-refractivity contribution is 5.00. The van der Waals surface area contributed by atoms with Crippen LogP contribution < -0.4 is 5.73 Å². The van der Waals surface area contributed by atoms with E-state index < -0.39 is 0 Å². The lowest BCUT2D eigenvalue weighted by Gasteiger charge is -2.08. The molecule has 0 aliphatic carbocycles. The molecule has 0 bridgehead atoms. The van der Waals surface area contributed by atoms with Crippen LogP contribution in [0.3, 0.4) is 0 Å². The van der Waals surface area contributed by atoms with Crippen molar-refractivity contribution in [1.29, 1.82) is 0 Å². The molecule has 0 unspecified atom stereocenters. The van der Waals surface area contributed by atoms with Gasteiger partial charge in [0.25, 0.3) is 0 Å². The summed E-state index contributed by atoms with van der Waals surface area (Å²) in [5.41, 5.74) is 5.81. The summed E-state index contributed by atoms with van der Waals surface area (Å²) >= 11 is 0. The largest absolute Gasteiger partial charge is 0.322 e. The van der Waals surface area contributed by atoms with E-state index >= 15 is 0 Å². The van der Waals surface area contributed by atoms with Gasteiger partial charge in [-0.3, -0.25) is 0 Å². The number of hydrogen-bond donors (Lipinski definition) is 1. The third-order valence-corrected chi connectivity index (χ3v) is 2.55. The third kappa shape index (κ3) is 1.58. The molecule has 4 nitrogen and oxygen atoms in total. The minimum absolute atomic E-state index is 0.000602. The van der Waals surface area contributed by atoms with Crippen LogP contribution in [-0.2, 0) is 13.0 Å². The lowest BCUT2D eigenvalue weighted by Crippen LogP contribution is -2.14. The van der Waals surface area contributed by atoms with Crippen LogP contribution in [0.25, 0.3) is 0 Å². The van der Waals surface area contributed by atoms with Crippen molar-refractivity contribution in [3.8, 4) is 0 Å². The Bertz CT molecular complexity index is 290. The number of nitrogens with two attached hydrogens (primary N) is 1. The first-order chi connectivity index (χ1) is 6.29. The first-order valence-corrected chi connectivity index (χ1v) is 4.96. The Morgan fingerprint density at radius 1 is 1.31 bits per heavy atom. The van der Waals surface area contributed by atoms with Crippen LogP contribution in [0.15, 0.2) is 0 Å². The van der Waals surface area contributed by atoms with Gasteiger partial charge in [-0.25, -0.2) is 0 Å². The first kappa shape index (κ1) is 8.69. The Labute approximate surface area is 78.1 Å². The zero-order valence-corrected chi connectivity index (χ0v) is 8.03. The second kappa shape index (κ2) is 3.46. The number of nitrogens with zero attached hydrogens (tertiary/aromatic N) is 3. The molecule has 4 heteroatoms. The summed E-state index contributed by atoms with van der Waals surface area (Å²) in [6, 6.07) is -0.000602. The fraction of sp³-hybridized carbons (Fsp3) is 0.778. The summed E-state index contributed by atoms with van der Waals surface area (Å²) < 4.78 is 2.19. The van der Waals surface area contributed by atoms with E-state index in [1.54, 1.807) is 0 Å². The topological polar surface area (TPSA) is 56.7 Å². The van der Waals surface area contributed by atoms with Gasteiger partial charge in [-0.15, -0.1) is 10.2 Å². The number of aromatic nitrogens is 3. The molecule has 0 aromatic carbocycles. The number of hydrogen-bond acceptors (Lipinski definition) is 3. The maximum Gasteiger partial charge on any atom is 0.149 e. The summed E-state index contributed by atoms with van der Waals surface area (Å²) in [5, 5.41) is 8.30. The molecular weight excluding hydrogens is 164 g/mol. The molecule has 0 spiro atoms. The van der Waals surface area contributed by atoms with Crippen molar-refractivity contribution in [2.45, 2.75) is 45.2 Å². The molecule has 0 fully saturated rings. The van der Waals surface area contributed by atoms with Crippen molar-refractivity contribution in [3.05, 3.63) is 11.6 Å². The van der Waals surface area contributed by atoms with Gasteiger partial charge in [-0.05, 0) is 19.8 Å². The van der Waals surface area contributed by atoms with Gasteiger partial charge in [0.2, 0.25) is 0 Å². The van der Waals surface area contributed by atoms with E-state index in [1.165, 1.54) is 19.3 Å². The highest BCUT2D eigenvalue weighted by Gasteiger charge is 2.16. The van der Waals surface area contributed by atoms with E-state index in [4.69, 9.17) is 5.73 Å². The Hall–Kier alpha value is -0.900. The molecule has 1 aliphatic rings. The molecule has 1 aromatic heterocycles. The quantitative estimate of drug-likeness (QED) is 0.702. The highest BCUT2D eigenvalue weighted by atomic mass is 15.3. The summed E-state index contributed by atoms with van der Waals surface area (Å²) in [5.74, 6) is 2.06. The summed E-state index contributed by atoms with van der Waals surface area (Å²) in [6.45, 7) is 3.00. The molecule has 1 aromatic rings. The molecule has 13 heavy (non-hydrogen) atoms. The second-order valence-electron chi connectivity index (χ2n) is 3.73. The average Bonchev–Trinajstić information content (AvgIpc) is 2.36. The maximum absolute atomic E-state index is 5.81. The summed E-state index contributed by atoms with van der Waals surface area (Å²) in [6.07, 6.45) is 4.81. The molecule has 2 heterocycles. The van der Waals surface area contributed by atoms with Gasteiger partial charge in [-0.1, -0.05) is 6.42 Å². The van der Waals surface area contributed by atoms with Gasteiger partial charge in [0.1, 0.15) is 11.6 Å². The van der Waals surface area contributed by atoms with Gasteiger partial charge < -0.3 is 10.3 Å². The molecule has 2 rings (SSSR count). The van der Waals surface area contributed by atoms with Crippen molar-refractivity contribution in [3.63, 3.8) is 0 Å². The molecule has 0 radical (unpaired) electrons. The van der Waals surface area contributed by atoms with Crippen molar-refractivity contribution in [1.82, 2.24) is 14.8 Å². The highest BCUT2D eigenvalue weighted by Crippen LogP contribution is 2.16. The number of rotatable bonds is 1. The van der Waals surface area contributed by atoms with Crippen LogP contribution >= 0.6 is 0 Å². The van der Waals surface area contributed by atoms with Crippen molar-refractivity contribution < 1.29 is 0 Å². The van der Waals surface area contributed by atoms with Crippen molar-refractivity contribution in [2.75, 3.05) is 0 Å². The Morgan fingerprint density at radius 2 is 2.15 bits per heavy atom. The van der Waals surface area contributed by atoms with E-state index in [9.17, 15) is 0 Å². The zero-order chi connectivity index (χ0) is 9.26. The van der Waals surface area contributed by atoms with Gasteiger partial charge in [0, 0.05) is 13.0 Å². The lowest BCUT2D eigenvalue weighted by atomic mass is 10.2. The van der Waals surface area contributed by atoms with Crippen LogP contribution in [0, 0.1) is 0 Å². The monoisotopic (exact) mass is 180 g/mol. The van der Waals surface area contributed by atoms with Crippen LogP contribution in [0.5, 0.6) is 0 Å². The number of fused-ring (bicyclic) bond motifs is 1. The Balaban J connectivity index is 2.34. The van der Waals surface area contributed by atoms with Gasteiger partial charge in [-0.2, -0.15) is 0 Å². The summed E-state index contributed by atoms with van der Waals surface area (Å²) in [4.78, 5) is 0. The molecule has 0 saturated carbocycles.